The molecule has 0 aromatic heterocycles. The Morgan fingerprint density at radius 3 is 2.17 bits per heavy atom. The van der Waals surface area contributed by atoms with Crippen LogP contribution in [0.3, 0.4) is 0 Å². The molecule has 0 N–H and O–H groups in total. The molecule has 29 heavy (non-hydrogen) atoms. The quantitative estimate of drug-likeness (QED) is 0.621. The van der Waals surface area contributed by atoms with E-state index >= 15 is 0 Å². The van der Waals surface area contributed by atoms with Crippen LogP contribution in [0.2, 0.25) is 0 Å². The summed E-state index contributed by atoms with van der Waals surface area (Å²) in [7, 11) is -3.32. The van der Waals surface area contributed by atoms with Crippen LogP contribution >= 0.6 is 0 Å². The molecule has 6 nitrogen and oxygen atoms in total. The first-order valence-corrected chi connectivity index (χ1v) is 11.1. The number of carbonyl (C=O) groups is 2. The van der Waals surface area contributed by atoms with Crippen molar-refractivity contribution in [1.82, 2.24) is 4.90 Å². The van der Waals surface area contributed by atoms with Crippen LogP contribution < -0.4 is 0 Å². The van der Waals surface area contributed by atoms with E-state index in [1.54, 1.807) is 0 Å². The number of sulfone groups is 1. The molecule has 0 fully saturated rings. The molecular weight excluding hydrogens is 390 g/mol. The van der Waals surface area contributed by atoms with E-state index < -0.39 is 34.4 Å². The van der Waals surface area contributed by atoms with Gasteiger partial charge in [0, 0.05) is 18.4 Å². The first-order chi connectivity index (χ1) is 13.9. The summed E-state index contributed by atoms with van der Waals surface area (Å²) in [5, 5.41) is 1.13. The first-order valence-electron chi connectivity index (χ1n) is 9.37. The summed E-state index contributed by atoms with van der Waals surface area (Å²) >= 11 is 0. The number of hydrogen-bond donors (Lipinski definition) is 0. The van der Waals surface area contributed by atoms with Gasteiger partial charge in [-0.1, -0.05) is 60.7 Å². The standard InChI is InChI=1S/C22H23NO5S/c24-21(16-28-22(25)12-11-18-7-3-1-4-8-18)23(15-19-9-5-2-6-10-19)20-13-14-29(26,27)17-20/h1-10,13-14,20H,11-12,15-17H2/t20-/m0/s1. The smallest absolute Gasteiger partial charge is 0.306 e. The van der Waals surface area contributed by atoms with Gasteiger partial charge < -0.3 is 9.64 Å². The summed E-state index contributed by atoms with van der Waals surface area (Å²) in [5.74, 6) is -1.04. The molecule has 152 valence electrons. The zero-order valence-electron chi connectivity index (χ0n) is 15.9. The summed E-state index contributed by atoms with van der Waals surface area (Å²) in [6, 6.07) is 18.3. The number of rotatable bonds is 8. The van der Waals surface area contributed by atoms with Crippen molar-refractivity contribution < 1.29 is 22.7 Å². The number of nitrogens with zero attached hydrogens (tertiary/aromatic N) is 1. The molecular formula is C22H23NO5S. The van der Waals surface area contributed by atoms with Gasteiger partial charge in [0.15, 0.2) is 16.4 Å². The Morgan fingerprint density at radius 2 is 1.59 bits per heavy atom. The molecule has 0 saturated heterocycles. The second-order valence-corrected chi connectivity index (χ2v) is 8.81. The Hall–Kier alpha value is -2.93. The average molecular weight is 413 g/mol. The Balaban J connectivity index is 1.59. The highest BCUT2D eigenvalue weighted by molar-refractivity contribution is 7.94. The number of esters is 1. The number of carbonyl (C=O) groups excluding carboxylic acids is 2. The van der Waals surface area contributed by atoms with Gasteiger partial charge in [0.25, 0.3) is 5.91 Å². The van der Waals surface area contributed by atoms with Gasteiger partial charge in [-0.05, 0) is 23.6 Å². The van der Waals surface area contributed by atoms with Crippen molar-refractivity contribution in [1.29, 1.82) is 0 Å². The van der Waals surface area contributed by atoms with Crippen LogP contribution in [-0.2, 0) is 37.1 Å². The molecule has 7 heteroatoms. The van der Waals surface area contributed by atoms with Crippen LogP contribution in [0.1, 0.15) is 17.5 Å². The zero-order valence-corrected chi connectivity index (χ0v) is 16.8. The highest BCUT2D eigenvalue weighted by Gasteiger charge is 2.30. The lowest BCUT2D eigenvalue weighted by molar-refractivity contribution is -0.152. The van der Waals surface area contributed by atoms with Crippen molar-refractivity contribution in [2.24, 2.45) is 0 Å². The number of aryl methyl sites for hydroxylation is 1. The summed E-state index contributed by atoms with van der Waals surface area (Å²) in [4.78, 5) is 26.2. The molecule has 2 aromatic rings. The SMILES string of the molecule is O=C(CCc1ccccc1)OCC(=O)N(Cc1ccccc1)[C@H]1C=CS(=O)(=O)C1. The molecule has 1 aliphatic rings. The van der Waals surface area contributed by atoms with Crippen molar-refractivity contribution in [2.45, 2.75) is 25.4 Å². The Labute approximate surface area is 170 Å². The van der Waals surface area contributed by atoms with Crippen LogP contribution in [0.15, 0.2) is 72.1 Å². The van der Waals surface area contributed by atoms with Gasteiger partial charge >= 0.3 is 5.97 Å². The maximum Gasteiger partial charge on any atom is 0.306 e. The minimum absolute atomic E-state index is 0.159. The van der Waals surface area contributed by atoms with Gasteiger partial charge in [-0.3, -0.25) is 9.59 Å². The average Bonchev–Trinajstić information content (AvgIpc) is 3.09. The molecule has 0 spiro atoms. The molecule has 0 bridgehead atoms. The van der Waals surface area contributed by atoms with Gasteiger partial charge in [0.2, 0.25) is 0 Å². The van der Waals surface area contributed by atoms with Gasteiger partial charge in [-0.15, -0.1) is 0 Å². The number of amides is 1. The second-order valence-electron chi connectivity index (χ2n) is 6.88. The van der Waals surface area contributed by atoms with E-state index in [-0.39, 0.29) is 18.7 Å². The molecule has 1 atom stereocenters. The van der Waals surface area contributed by atoms with E-state index in [4.69, 9.17) is 4.74 Å². The molecule has 0 radical (unpaired) electrons. The fourth-order valence-corrected chi connectivity index (χ4v) is 4.41. The van der Waals surface area contributed by atoms with Gasteiger partial charge in [0.05, 0.1) is 11.8 Å². The van der Waals surface area contributed by atoms with E-state index in [1.165, 1.54) is 11.0 Å². The predicted molar refractivity (Wildman–Crippen MR) is 109 cm³/mol. The van der Waals surface area contributed by atoms with E-state index in [0.29, 0.717) is 6.42 Å². The molecule has 0 unspecified atom stereocenters. The minimum Gasteiger partial charge on any atom is -0.456 e. The first kappa shape index (κ1) is 20.8. The maximum absolute atomic E-state index is 12.7. The summed E-state index contributed by atoms with van der Waals surface area (Å²) in [5.41, 5.74) is 1.89. The topological polar surface area (TPSA) is 80.8 Å². The third-order valence-electron chi connectivity index (χ3n) is 4.64. The minimum atomic E-state index is -3.32. The second kappa shape index (κ2) is 9.52. The van der Waals surface area contributed by atoms with Gasteiger partial charge in [0.1, 0.15) is 0 Å². The normalized spacial score (nSPS) is 17.0. The third-order valence-corrected chi connectivity index (χ3v) is 6.02. The lowest BCUT2D eigenvalue weighted by atomic mass is 10.1. The highest BCUT2D eigenvalue weighted by Crippen LogP contribution is 2.18. The Bertz CT molecular complexity index is 971. The monoisotopic (exact) mass is 413 g/mol. The Morgan fingerprint density at radius 1 is 0.966 bits per heavy atom. The summed E-state index contributed by atoms with van der Waals surface area (Å²) in [6.45, 7) is -0.170. The number of ether oxygens (including phenoxy) is 1. The van der Waals surface area contributed by atoms with E-state index in [1.807, 2.05) is 60.7 Å². The molecule has 1 aliphatic heterocycles. The Kier molecular flexibility index (Phi) is 6.82. The number of benzene rings is 2. The van der Waals surface area contributed by atoms with Crippen LogP contribution in [0.4, 0.5) is 0 Å². The van der Waals surface area contributed by atoms with Crippen LogP contribution in [0.5, 0.6) is 0 Å². The zero-order chi connectivity index (χ0) is 20.7. The van der Waals surface area contributed by atoms with Crippen LogP contribution in [-0.4, -0.2) is 43.6 Å². The largest absolute Gasteiger partial charge is 0.456 e. The van der Waals surface area contributed by atoms with Crippen molar-refractivity contribution in [3.63, 3.8) is 0 Å². The third kappa shape index (κ3) is 6.29. The lowest BCUT2D eigenvalue weighted by Gasteiger charge is -2.27. The fourth-order valence-electron chi connectivity index (χ4n) is 3.11. The van der Waals surface area contributed by atoms with Gasteiger partial charge in [-0.25, -0.2) is 8.42 Å². The summed E-state index contributed by atoms with van der Waals surface area (Å²) in [6.07, 6.45) is 2.21. The van der Waals surface area contributed by atoms with E-state index in [0.717, 1.165) is 16.5 Å². The highest BCUT2D eigenvalue weighted by atomic mass is 32.2. The maximum atomic E-state index is 12.7. The molecule has 0 aliphatic carbocycles. The van der Waals surface area contributed by atoms with E-state index in [2.05, 4.69) is 0 Å². The van der Waals surface area contributed by atoms with Crippen molar-refractivity contribution >= 4 is 21.7 Å². The van der Waals surface area contributed by atoms with Crippen LogP contribution in [0.25, 0.3) is 0 Å². The number of hydrogen-bond acceptors (Lipinski definition) is 5. The molecule has 1 amide bonds. The molecule has 0 saturated carbocycles. The molecule has 2 aromatic carbocycles. The predicted octanol–water partition coefficient (Wildman–Crippen LogP) is 2.50. The van der Waals surface area contributed by atoms with Crippen molar-refractivity contribution in [3.8, 4) is 0 Å². The lowest BCUT2D eigenvalue weighted by Crippen LogP contribution is -2.42. The van der Waals surface area contributed by atoms with E-state index in [9.17, 15) is 18.0 Å². The van der Waals surface area contributed by atoms with Crippen molar-refractivity contribution in [2.75, 3.05) is 12.4 Å². The summed E-state index contributed by atoms with van der Waals surface area (Å²) < 4.78 is 28.7. The van der Waals surface area contributed by atoms with Gasteiger partial charge in [-0.2, -0.15) is 0 Å². The molecule has 3 rings (SSSR count). The fraction of sp³-hybridized carbons (Fsp3) is 0.273. The van der Waals surface area contributed by atoms with Crippen LogP contribution in [0, 0.1) is 0 Å². The molecule has 1 heterocycles. The van der Waals surface area contributed by atoms with Crippen molar-refractivity contribution in [3.05, 3.63) is 83.3 Å².